The highest BCUT2D eigenvalue weighted by atomic mass is 32.2. The van der Waals surface area contributed by atoms with Crippen LogP contribution < -0.4 is 16.2 Å². The first-order chi connectivity index (χ1) is 15.1. The van der Waals surface area contributed by atoms with Crippen LogP contribution in [-0.4, -0.2) is 14.9 Å². The number of aromatic nitrogens is 3. The van der Waals surface area contributed by atoms with E-state index in [-0.39, 0.29) is 18.0 Å². The molecule has 9 heteroatoms. The van der Waals surface area contributed by atoms with Crippen molar-refractivity contribution in [1.29, 1.82) is 0 Å². The van der Waals surface area contributed by atoms with Crippen molar-refractivity contribution in [3.8, 4) is 5.75 Å². The summed E-state index contributed by atoms with van der Waals surface area (Å²) in [4.78, 5) is 12.1. The van der Waals surface area contributed by atoms with Gasteiger partial charge in [0.05, 0.1) is 0 Å². The van der Waals surface area contributed by atoms with Crippen molar-refractivity contribution in [1.82, 2.24) is 14.9 Å². The fraction of sp³-hybridized carbons (Fsp3) is 0.227. The third kappa shape index (κ3) is 3.88. The van der Waals surface area contributed by atoms with Gasteiger partial charge in [-0.1, -0.05) is 23.9 Å². The number of benzene rings is 2. The van der Waals surface area contributed by atoms with Crippen LogP contribution in [0.3, 0.4) is 0 Å². The quantitative estimate of drug-likeness (QED) is 0.279. The number of halogens is 1. The third-order valence-electron chi connectivity index (χ3n) is 5.33. The summed E-state index contributed by atoms with van der Waals surface area (Å²) in [5, 5.41) is 9.54. The molecular formula is C22H19FN4O3S. The Balaban J connectivity index is 1.34. The van der Waals surface area contributed by atoms with Crippen molar-refractivity contribution in [2.45, 2.75) is 36.8 Å². The molecule has 2 aromatic carbocycles. The van der Waals surface area contributed by atoms with Gasteiger partial charge in [0, 0.05) is 17.2 Å². The van der Waals surface area contributed by atoms with Crippen molar-refractivity contribution in [3.63, 3.8) is 0 Å². The summed E-state index contributed by atoms with van der Waals surface area (Å²) in [6.07, 6.45) is 3.18. The van der Waals surface area contributed by atoms with Gasteiger partial charge in [0.1, 0.15) is 12.2 Å². The summed E-state index contributed by atoms with van der Waals surface area (Å²) < 4.78 is 25.9. The van der Waals surface area contributed by atoms with Gasteiger partial charge in [0.2, 0.25) is 5.16 Å². The first-order valence-corrected chi connectivity index (χ1v) is 10.8. The number of nitrogens with two attached hydrogens (primary N) is 1. The summed E-state index contributed by atoms with van der Waals surface area (Å²) >= 11 is 1.36. The molecule has 1 aliphatic carbocycles. The van der Waals surface area contributed by atoms with E-state index in [4.69, 9.17) is 15.0 Å². The number of rotatable bonds is 6. The number of nitrogen functional groups attached to an aromatic ring is 1. The number of aryl methyl sites for hydroxylation is 2. The molecule has 31 heavy (non-hydrogen) atoms. The van der Waals surface area contributed by atoms with Crippen LogP contribution in [0.4, 0.5) is 4.39 Å². The second-order valence-corrected chi connectivity index (χ2v) is 8.28. The Morgan fingerprint density at radius 2 is 1.97 bits per heavy atom. The normalized spacial score (nSPS) is 12.9. The van der Waals surface area contributed by atoms with Gasteiger partial charge in [-0.25, -0.2) is 13.9 Å². The monoisotopic (exact) mass is 438 g/mol. The minimum absolute atomic E-state index is 0.0189. The number of hydrogen-bond acceptors (Lipinski definition) is 7. The van der Waals surface area contributed by atoms with E-state index in [0.29, 0.717) is 22.3 Å². The summed E-state index contributed by atoms with van der Waals surface area (Å²) in [5.74, 6) is 6.60. The first kappa shape index (κ1) is 19.6. The molecule has 2 N–H and O–H groups in total. The van der Waals surface area contributed by atoms with Crippen molar-refractivity contribution >= 4 is 22.7 Å². The zero-order valence-corrected chi connectivity index (χ0v) is 17.3. The molecule has 0 spiro atoms. The molecule has 2 heterocycles. The molecule has 0 saturated carbocycles. The first-order valence-electron chi connectivity index (χ1n) is 9.86. The van der Waals surface area contributed by atoms with Gasteiger partial charge in [-0.2, -0.15) is 0 Å². The molecule has 1 aliphatic rings. The Morgan fingerprint density at radius 1 is 1.16 bits per heavy atom. The molecule has 158 valence electrons. The number of fused-ring (bicyclic) bond motifs is 2. The van der Waals surface area contributed by atoms with Gasteiger partial charge in [0.15, 0.2) is 17.4 Å². The van der Waals surface area contributed by atoms with Crippen LogP contribution in [0.2, 0.25) is 0 Å². The Hall–Kier alpha value is -3.33. The van der Waals surface area contributed by atoms with Crippen molar-refractivity contribution in [2.75, 3.05) is 5.84 Å². The van der Waals surface area contributed by atoms with Crippen LogP contribution in [0.5, 0.6) is 5.75 Å². The molecule has 0 radical (unpaired) electrons. The van der Waals surface area contributed by atoms with E-state index in [2.05, 4.69) is 16.3 Å². The van der Waals surface area contributed by atoms with Crippen LogP contribution in [0, 0.1) is 5.82 Å². The summed E-state index contributed by atoms with van der Waals surface area (Å²) in [5.41, 5.74) is 3.65. The molecule has 0 amide bonds. The van der Waals surface area contributed by atoms with Crippen molar-refractivity contribution in [2.24, 2.45) is 0 Å². The number of para-hydroxylation sites is 1. The highest BCUT2D eigenvalue weighted by Gasteiger charge is 2.17. The Morgan fingerprint density at radius 3 is 2.81 bits per heavy atom. The van der Waals surface area contributed by atoms with Crippen LogP contribution in [0.15, 0.2) is 56.8 Å². The summed E-state index contributed by atoms with van der Waals surface area (Å²) in [6.45, 7) is -0.0189. The fourth-order valence-electron chi connectivity index (χ4n) is 3.76. The average molecular weight is 438 g/mol. The van der Waals surface area contributed by atoms with Crippen LogP contribution in [0.25, 0.3) is 11.0 Å². The molecular weight excluding hydrogens is 419 g/mol. The van der Waals surface area contributed by atoms with Crippen molar-refractivity contribution < 1.29 is 13.5 Å². The lowest BCUT2D eigenvalue weighted by molar-refractivity contribution is 0.277. The van der Waals surface area contributed by atoms with Gasteiger partial charge in [-0.15, -0.1) is 10.2 Å². The molecule has 0 aliphatic heterocycles. The lowest BCUT2D eigenvalue weighted by Crippen LogP contribution is -2.16. The van der Waals surface area contributed by atoms with Crippen LogP contribution in [-0.2, 0) is 25.2 Å². The van der Waals surface area contributed by atoms with Gasteiger partial charge in [0.25, 0.3) is 0 Å². The molecule has 0 atom stereocenters. The van der Waals surface area contributed by atoms with Gasteiger partial charge >= 0.3 is 5.63 Å². The Labute approximate surface area is 181 Å². The van der Waals surface area contributed by atoms with E-state index in [1.54, 1.807) is 12.1 Å². The van der Waals surface area contributed by atoms with Crippen molar-refractivity contribution in [3.05, 3.63) is 81.2 Å². The van der Waals surface area contributed by atoms with E-state index in [0.717, 1.165) is 30.2 Å². The largest absolute Gasteiger partial charge is 0.482 e. The number of thioether (sulfide) groups is 1. The van der Waals surface area contributed by atoms with Gasteiger partial charge in [-0.05, 0) is 60.2 Å². The lowest BCUT2D eigenvalue weighted by Gasteiger charge is -2.08. The number of ether oxygens (including phenoxy) is 1. The van der Waals surface area contributed by atoms with E-state index in [1.165, 1.54) is 45.8 Å². The van der Waals surface area contributed by atoms with Crippen LogP contribution >= 0.6 is 11.8 Å². The van der Waals surface area contributed by atoms with Gasteiger partial charge in [-0.3, -0.25) is 0 Å². The summed E-state index contributed by atoms with van der Waals surface area (Å²) in [6, 6.07) is 11.7. The van der Waals surface area contributed by atoms with Gasteiger partial charge < -0.3 is 15.0 Å². The highest BCUT2D eigenvalue weighted by Crippen LogP contribution is 2.31. The number of hydrogen-bond donors (Lipinski definition) is 1. The topological polar surface area (TPSA) is 96.2 Å². The average Bonchev–Trinajstić information content (AvgIpc) is 3.36. The molecule has 0 unspecified atom stereocenters. The maximum atomic E-state index is 13.7. The fourth-order valence-corrected chi connectivity index (χ4v) is 4.63. The standard InChI is InChI=1S/C22H19FN4O3S/c23-17-6-1-2-7-18(17)29-11-20-25-26-22(27(20)24)31-12-15-10-21(28)30-19-9-14-5-3-4-13(14)8-16(15)19/h1-2,6-10H,3-5,11-12,24H2. The van der Waals surface area contributed by atoms with E-state index in [9.17, 15) is 9.18 Å². The smallest absolute Gasteiger partial charge is 0.336 e. The van der Waals surface area contributed by atoms with E-state index < -0.39 is 5.82 Å². The second kappa shape index (κ2) is 8.07. The van der Waals surface area contributed by atoms with E-state index in [1.807, 2.05) is 6.07 Å². The molecule has 2 aromatic heterocycles. The zero-order valence-electron chi connectivity index (χ0n) is 16.5. The van der Waals surface area contributed by atoms with E-state index >= 15 is 0 Å². The predicted octanol–water partition coefficient (Wildman–Crippen LogP) is 3.60. The molecule has 0 bridgehead atoms. The zero-order chi connectivity index (χ0) is 21.4. The Bertz CT molecular complexity index is 1330. The maximum Gasteiger partial charge on any atom is 0.336 e. The molecule has 4 aromatic rings. The third-order valence-corrected chi connectivity index (χ3v) is 6.32. The molecule has 7 nitrogen and oxygen atoms in total. The maximum absolute atomic E-state index is 13.7. The lowest BCUT2D eigenvalue weighted by atomic mass is 10.0. The molecule has 5 rings (SSSR count). The molecule has 0 saturated heterocycles. The number of nitrogens with zero attached hydrogens (tertiary/aromatic N) is 3. The second-order valence-electron chi connectivity index (χ2n) is 7.34. The highest BCUT2D eigenvalue weighted by molar-refractivity contribution is 7.98. The molecule has 0 fully saturated rings. The van der Waals surface area contributed by atoms with Crippen LogP contribution in [0.1, 0.15) is 28.9 Å². The minimum Gasteiger partial charge on any atom is -0.482 e. The minimum atomic E-state index is -0.457. The summed E-state index contributed by atoms with van der Waals surface area (Å²) in [7, 11) is 0. The Kier molecular flexibility index (Phi) is 5.11. The SMILES string of the molecule is Nn1c(COc2ccccc2F)nnc1SCc1cc(=O)oc2cc3c(cc12)CCC3. The predicted molar refractivity (Wildman–Crippen MR) is 115 cm³/mol.